The second-order valence-corrected chi connectivity index (χ2v) is 26.4. The standard InChI is InChI=1S/C20H15N3O2.C19H15ClN2O2.C19H15FN2O2.2C15H11N3O2S.CH4/c1-14-4-2-5-16(8-14)20(24)23-17-9-15(12-21)10-19(11-17)25-18-6-3-7-22-13-18;2*1-13-4-2-5-14(8-13)19(23)22-16-6-3-7-17(10-16)24-18-9-15(20)11-21-12-18;19-15(14-9-21-10-17-14)18-11-3-1-4-12(7-11)20-13-5-2-6-16-8-13;19-14(15-17-7-8-21-15)18-11-3-1-4-12(9-11)20-13-5-2-6-16-10-13;/h2-11,13H,1H3,(H,23,24);2*2-12H,1H3,(H,22,23);2*1-10H,(H,18,19);1H4. The van der Waals surface area contributed by atoms with E-state index in [0.29, 0.717) is 118 Å². The Kier molecular flexibility index (Phi) is 30.8. The van der Waals surface area contributed by atoms with Crippen molar-refractivity contribution >= 4 is 92.2 Å². The lowest BCUT2D eigenvalue weighted by molar-refractivity contribution is 0.101. The highest BCUT2D eigenvalue weighted by Gasteiger charge is 2.15. The van der Waals surface area contributed by atoms with Crippen LogP contribution in [0.4, 0.5) is 32.8 Å². The average molecular weight is 1600 g/mol. The Bertz CT molecular complexity index is 5550. The summed E-state index contributed by atoms with van der Waals surface area (Å²) in [6, 6.07) is 71.0. The summed E-state index contributed by atoms with van der Waals surface area (Å²) >= 11 is 8.57. The van der Waals surface area contributed by atoms with Crippen molar-refractivity contribution in [2.75, 3.05) is 26.6 Å². The number of carbonyl (C=O) groups is 5. The van der Waals surface area contributed by atoms with E-state index in [0.717, 1.165) is 22.9 Å². The molecule has 7 aromatic heterocycles. The zero-order valence-corrected chi connectivity index (χ0v) is 63.7. The number of hydrogen-bond donors (Lipinski definition) is 5. The summed E-state index contributed by atoms with van der Waals surface area (Å²) in [6.07, 6.45) is 17.1. The minimum atomic E-state index is -0.476. The van der Waals surface area contributed by atoms with Gasteiger partial charge in [0.05, 0.1) is 59.3 Å². The summed E-state index contributed by atoms with van der Waals surface area (Å²) < 4.78 is 41.4. The van der Waals surface area contributed by atoms with Crippen LogP contribution < -0.4 is 50.3 Å². The molecule has 578 valence electrons. The Hall–Kier alpha value is -15.2. The third kappa shape index (κ3) is 27.1. The summed E-state index contributed by atoms with van der Waals surface area (Å²) in [7, 11) is 0. The molecular weight excluding hydrogens is 1530 g/mol. The minimum absolute atomic E-state index is 0. The molecule has 0 aliphatic heterocycles. The van der Waals surface area contributed by atoms with Gasteiger partial charge in [0.2, 0.25) is 0 Å². The zero-order chi connectivity index (χ0) is 80.5. The number of amides is 5. The van der Waals surface area contributed by atoms with Gasteiger partial charge in [-0.25, -0.2) is 14.4 Å². The number of aromatic nitrogens is 7. The molecule has 0 bridgehead atoms. The molecule has 5 N–H and O–H groups in total. The van der Waals surface area contributed by atoms with Crippen molar-refractivity contribution in [2.45, 2.75) is 28.2 Å². The third-order valence-corrected chi connectivity index (χ3v) is 16.8. The highest BCUT2D eigenvalue weighted by Crippen LogP contribution is 2.31. The van der Waals surface area contributed by atoms with E-state index >= 15 is 0 Å². The molecule has 0 unspecified atom stereocenters. The van der Waals surface area contributed by atoms with Gasteiger partial charge in [0.25, 0.3) is 29.5 Å². The SMILES string of the molecule is C.Cc1cccc(C(=O)Nc2cc(C#N)cc(Oc3cccnc3)c2)c1.Cc1cccc(C(=O)Nc2cccc(Oc3cncc(Cl)c3)c2)c1.Cc1cccc(C(=O)Nc2cccc(Oc3cncc(F)c3)c2)c1.O=C(Nc1cccc(Oc2cccnc2)c1)c1cscn1.O=C(Nc1cccc(Oc2cccnc2)c1)c1nccs1. The van der Waals surface area contributed by atoms with Crippen LogP contribution in [0.25, 0.3) is 0 Å². The maximum atomic E-state index is 13.1. The number of pyridine rings is 5. The molecule has 0 atom stereocenters. The van der Waals surface area contributed by atoms with Crippen molar-refractivity contribution in [1.82, 2.24) is 34.9 Å². The van der Waals surface area contributed by atoms with Crippen molar-refractivity contribution in [3.8, 4) is 63.6 Å². The van der Waals surface area contributed by atoms with E-state index in [2.05, 4.69) is 67.5 Å². The molecule has 0 aliphatic carbocycles. The van der Waals surface area contributed by atoms with Crippen LogP contribution >= 0.6 is 34.3 Å². The third-order valence-electron chi connectivity index (χ3n) is 15.2. The van der Waals surface area contributed by atoms with Crippen molar-refractivity contribution in [3.05, 3.63) is 382 Å². The van der Waals surface area contributed by atoms with Crippen LogP contribution in [0, 0.1) is 37.9 Å². The van der Waals surface area contributed by atoms with Crippen LogP contribution in [-0.4, -0.2) is 64.4 Å². The van der Waals surface area contributed by atoms with E-state index in [1.807, 2.05) is 106 Å². The predicted molar refractivity (Wildman–Crippen MR) is 448 cm³/mol. The molecule has 0 saturated heterocycles. The zero-order valence-electron chi connectivity index (χ0n) is 61.3. The van der Waals surface area contributed by atoms with Crippen LogP contribution in [-0.2, 0) is 0 Å². The number of benzene rings is 8. The Morgan fingerprint density at radius 3 is 1.16 bits per heavy atom. The largest absolute Gasteiger partial charge is 0.456 e. The van der Waals surface area contributed by atoms with Crippen molar-refractivity contribution in [3.63, 3.8) is 0 Å². The fraction of sp³-hybridized carbons (Fsp3) is 0.0449. The monoisotopic (exact) mass is 1600 g/mol. The summed E-state index contributed by atoms with van der Waals surface area (Å²) in [5.41, 5.74) is 10.2. The quantitative estimate of drug-likeness (QED) is 0.0473. The van der Waals surface area contributed by atoms with Crippen molar-refractivity contribution in [2.24, 2.45) is 0 Å². The van der Waals surface area contributed by atoms with Gasteiger partial charge in [-0.15, -0.1) is 22.7 Å². The Balaban J connectivity index is 0.000000153. The van der Waals surface area contributed by atoms with Crippen LogP contribution in [0.1, 0.15) is 81.0 Å². The number of halogens is 2. The first kappa shape index (κ1) is 83.3. The van der Waals surface area contributed by atoms with Gasteiger partial charge in [0.1, 0.15) is 69.0 Å². The van der Waals surface area contributed by atoms with Crippen molar-refractivity contribution in [1.29, 1.82) is 5.26 Å². The topological polar surface area (TPSA) is 306 Å². The Morgan fingerprint density at radius 2 is 0.767 bits per heavy atom. The summed E-state index contributed by atoms with van der Waals surface area (Å²) in [4.78, 5) is 88.4. The normalized spacial score (nSPS) is 10.0. The average Bonchev–Trinajstić information content (AvgIpc) is 1.28. The fourth-order valence-corrected chi connectivity index (χ4v) is 11.4. The van der Waals surface area contributed by atoms with E-state index in [4.69, 9.17) is 35.3 Å². The fourth-order valence-electron chi connectivity index (χ4n) is 10.2. The molecule has 116 heavy (non-hydrogen) atoms. The maximum Gasteiger partial charge on any atom is 0.284 e. The number of thiazole rings is 2. The molecule has 0 aliphatic rings. The first-order valence-corrected chi connectivity index (χ1v) is 37.0. The number of hydrogen-bond acceptors (Lipinski definition) is 20. The second-order valence-electron chi connectivity index (χ2n) is 24.3. The molecule has 27 heteroatoms. The van der Waals surface area contributed by atoms with E-state index < -0.39 is 5.82 Å². The van der Waals surface area contributed by atoms with Gasteiger partial charge < -0.3 is 50.3 Å². The van der Waals surface area contributed by atoms with Gasteiger partial charge >= 0.3 is 0 Å². The van der Waals surface area contributed by atoms with Gasteiger partial charge in [-0.05, 0) is 154 Å². The smallest absolute Gasteiger partial charge is 0.284 e. The van der Waals surface area contributed by atoms with Gasteiger partial charge in [-0.3, -0.25) is 48.9 Å². The predicted octanol–water partition coefficient (Wildman–Crippen LogP) is 21.8. The van der Waals surface area contributed by atoms with Gasteiger partial charge in [-0.2, -0.15) is 5.26 Å². The lowest BCUT2D eigenvalue weighted by Gasteiger charge is -2.10. The Labute approximate surface area is 680 Å². The number of anilines is 5. The van der Waals surface area contributed by atoms with E-state index in [-0.39, 0.29) is 42.7 Å². The first-order valence-electron chi connectivity index (χ1n) is 34.8. The van der Waals surface area contributed by atoms with Crippen molar-refractivity contribution < 1.29 is 52.0 Å². The highest BCUT2D eigenvalue weighted by atomic mass is 35.5. The number of rotatable bonds is 20. The minimum Gasteiger partial charge on any atom is -0.456 e. The molecule has 15 aromatic rings. The van der Waals surface area contributed by atoms with Crippen LogP contribution in [0.2, 0.25) is 5.02 Å². The number of nitrogens with zero attached hydrogens (tertiary/aromatic N) is 8. The summed E-state index contributed by atoms with van der Waals surface area (Å²) in [5.74, 6) is 3.84. The molecule has 0 radical (unpaired) electrons. The van der Waals surface area contributed by atoms with Crippen LogP contribution in [0.3, 0.4) is 0 Å². The maximum absolute atomic E-state index is 13.1. The first-order chi connectivity index (χ1) is 55.9. The second kappa shape index (κ2) is 42.9. The molecule has 23 nitrogen and oxygen atoms in total. The molecule has 15 rings (SSSR count). The van der Waals surface area contributed by atoms with Gasteiger partial charge in [-0.1, -0.05) is 96.4 Å². The lowest BCUT2D eigenvalue weighted by atomic mass is 10.1. The molecular formula is C89H71ClFN13O10S2. The van der Waals surface area contributed by atoms with E-state index in [9.17, 15) is 33.6 Å². The Morgan fingerprint density at radius 1 is 0.379 bits per heavy atom. The number of ether oxygens (including phenoxy) is 5. The molecule has 0 spiro atoms. The lowest BCUT2D eigenvalue weighted by Crippen LogP contribution is -2.12. The number of nitriles is 1. The molecule has 5 amide bonds. The summed E-state index contributed by atoms with van der Waals surface area (Å²) in [6.45, 7) is 5.80. The van der Waals surface area contributed by atoms with Crippen LogP contribution in [0.15, 0.2) is 321 Å². The highest BCUT2D eigenvalue weighted by molar-refractivity contribution is 7.11. The summed E-state index contributed by atoms with van der Waals surface area (Å²) in [5, 5.41) is 27.6. The molecule has 7 heterocycles. The van der Waals surface area contributed by atoms with Gasteiger partial charge in [0, 0.05) is 129 Å². The molecule has 0 saturated carbocycles. The van der Waals surface area contributed by atoms with E-state index in [1.165, 1.54) is 41.1 Å². The van der Waals surface area contributed by atoms with E-state index in [1.54, 1.807) is 211 Å². The number of carbonyl (C=O) groups excluding carboxylic acids is 5. The van der Waals surface area contributed by atoms with Gasteiger partial charge in [0.15, 0.2) is 5.01 Å². The molecule has 0 fully saturated rings. The number of aryl methyl sites for hydroxylation is 3. The number of nitrogens with one attached hydrogen (secondary N) is 5. The van der Waals surface area contributed by atoms with Crippen LogP contribution in [0.5, 0.6) is 57.5 Å². The molecule has 8 aromatic carbocycles.